The number of aryl methyl sites for hydroxylation is 1. The summed E-state index contributed by atoms with van der Waals surface area (Å²) in [5.74, 6) is 0.340. The van der Waals surface area contributed by atoms with Gasteiger partial charge in [-0.2, -0.15) is 0 Å². The highest BCUT2D eigenvalue weighted by Gasteiger charge is 2.12. The lowest BCUT2D eigenvalue weighted by molar-refractivity contribution is 0.0950. The highest BCUT2D eigenvalue weighted by Crippen LogP contribution is 2.17. The molecule has 0 spiro atoms. The smallest absolute Gasteiger partial charge is 0.253 e. The quantitative estimate of drug-likeness (QED) is 0.679. The van der Waals surface area contributed by atoms with Crippen molar-refractivity contribution in [1.29, 1.82) is 0 Å². The van der Waals surface area contributed by atoms with E-state index >= 15 is 0 Å². The molecule has 0 saturated carbocycles. The van der Waals surface area contributed by atoms with Crippen LogP contribution in [0, 0.1) is 0 Å². The van der Waals surface area contributed by atoms with Crippen LogP contribution in [-0.4, -0.2) is 25.5 Å². The summed E-state index contributed by atoms with van der Waals surface area (Å²) in [6.45, 7) is 2.99. The molecule has 7 nitrogen and oxygen atoms in total. The lowest BCUT2D eigenvalue weighted by atomic mass is 10.2. The van der Waals surface area contributed by atoms with Crippen LogP contribution in [0.15, 0.2) is 36.5 Å². The van der Waals surface area contributed by atoms with Crippen molar-refractivity contribution in [2.45, 2.75) is 20.0 Å². The van der Waals surface area contributed by atoms with E-state index in [1.165, 1.54) is 6.20 Å². The van der Waals surface area contributed by atoms with Crippen molar-refractivity contribution in [2.24, 2.45) is 0 Å². The predicted molar refractivity (Wildman–Crippen MR) is 86.9 cm³/mol. The number of hydrogen-bond acceptors (Lipinski definition) is 5. The molecule has 0 aliphatic carbocycles. The Labute approximate surface area is 132 Å². The second-order valence-electron chi connectivity index (χ2n) is 5.13. The summed E-state index contributed by atoms with van der Waals surface area (Å²) in [7, 11) is 0. The Morgan fingerprint density at radius 2 is 2.09 bits per heavy atom. The highest BCUT2D eigenvalue weighted by atomic mass is 16.3. The van der Waals surface area contributed by atoms with Crippen molar-refractivity contribution in [2.75, 3.05) is 5.73 Å². The second kappa shape index (κ2) is 5.96. The molecule has 118 valence electrons. The van der Waals surface area contributed by atoms with E-state index in [1.807, 2.05) is 6.92 Å². The number of fused-ring (bicyclic) bond motifs is 1. The van der Waals surface area contributed by atoms with Gasteiger partial charge in [0.25, 0.3) is 5.91 Å². The number of hydrogen-bond donors (Lipinski definition) is 3. The molecule has 0 radical (unpaired) electrons. The number of rotatable bonds is 4. The molecule has 23 heavy (non-hydrogen) atoms. The summed E-state index contributed by atoms with van der Waals surface area (Å²) >= 11 is 0. The summed E-state index contributed by atoms with van der Waals surface area (Å²) in [6.07, 6.45) is 1.52. The van der Waals surface area contributed by atoms with Gasteiger partial charge >= 0.3 is 0 Å². The van der Waals surface area contributed by atoms with Crippen molar-refractivity contribution in [1.82, 2.24) is 19.9 Å². The molecule has 1 aromatic carbocycles. The molecule has 0 aliphatic rings. The van der Waals surface area contributed by atoms with Crippen molar-refractivity contribution < 1.29 is 9.90 Å². The Morgan fingerprint density at radius 1 is 1.35 bits per heavy atom. The van der Waals surface area contributed by atoms with Crippen molar-refractivity contribution in [3.8, 4) is 5.75 Å². The van der Waals surface area contributed by atoms with Gasteiger partial charge in [0, 0.05) is 19.3 Å². The van der Waals surface area contributed by atoms with Gasteiger partial charge in [-0.1, -0.05) is 12.1 Å². The molecule has 3 aromatic rings. The molecule has 0 saturated heterocycles. The average molecular weight is 311 g/mol. The number of carbonyl (C=O) groups is 1. The van der Waals surface area contributed by atoms with E-state index in [-0.39, 0.29) is 11.7 Å². The first-order valence-corrected chi connectivity index (χ1v) is 7.26. The van der Waals surface area contributed by atoms with E-state index in [4.69, 9.17) is 5.73 Å². The first kappa shape index (κ1) is 14.8. The fourth-order valence-electron chi connectivity index (χ4n) is 2.36. The SMILES string of the molecule is CCn1c(N)nc2cc(C(=O)NCc3ccc(O)cc3)cnc21. The van der Waals surface area contributed by atoms with Gasteiger partial charge in [-0.3, -0.25) is 9.36 Å². The Bertz CT molecular complexity index is 855. The number of amides is 1. The van der Waals surface area contributed by atoms with Crippen LogP contribution in [0.4, 0.5) is 5.95 Å². The van der Waals surface area contributed by atoms with E-state index in [1.54, 1.807) is 34.9 Å². The van der Waals surface area contributed by atoms with E-state index in [2.05, 4.69) is 15.3 Å². The molecule has 7 heteroatoms. The third-order valence-electron chi connectivity index (χ3n) is 3.58. The van der Waals surface area contributed by atoms with Crippen LogP contribution < -0.4 is 11.1 Å². The Balaban J connectivity index is 1.77. The van der Waals surface area contributed by atoms with Gasteiger partial charge in [0.2, 0.25) is 5.95 Å². The molecule has 2 aromatic heterocycles. The molecule has 2 heterocycles. The number of anilines is 1. The predicted octanol–water partition coefficient (Wildman–Crippen LogP) is 1.67. The molecule has 4 N–H and O–H groups in total. The number of benzene rings is 1. The lowest BCUT2D eigenvalue weighted by Crippen LogP contribution is -2.22. The van der Waals surface area contributed by atoms with Crippen LogP contribution in [-0.2, 0) is 13.1 Å². The molecular weight excluding hydrogens is 294 g/mol. The molecular formula is C16H17N5O2. The third kappa shape index (κ3) is 2.94. The summed E-state index contributed by atoms with van der Waals surface area (Å²) in [4.78, 5) is 20.7. The van der Waals surface area contributed by atoms with E-state index < -0.39 is 0 Å². The van der Waals surface area contributed by atoms with Crippen molar-refractivity contribution in [3.63, 3.8) is 0 Å². The number of nitrogen functional groups attached to an aromatic ring is 1. The summed E-state index contributed by atoms with van der Waals surface area (Å²) < 4.78 is 1.79. The largest absolute Gasteiger partial charge is 0.508 e. The Kier molecular flexibility index (Phi) is 3.84. The number of aromatic nitrogens is 3. The molecule has 0 aliphatic heterocycles. The third-order valence-corrected chi connectivity index (χ3v) is 3.58. The number of phenolic OH excluding ortho intramolecular Hbond substituents is 1. The monoisotopic (exact) mass is 311 g/mol. The van der Waals surface area contributed by atoms with Gasteiger partial charge in [-0.05, 0) is 30.7 Å². The zero-order valence-electron chi connectivity index (χ0n) is 12.7. The summed E-state index contributed by atoms with van der Waals surface area (Å²) in [6, 6.07) is 8.34. The topological polar surface area (TPSA) is 106 Å². The van der Waals surface area contributed by atoms with E-state index in [0.29, 0.717) is 35.8 Å². The normalized spacial score (nSPS) is 10.8. The minimum Gasteiger partial charge on any atom is -0.508 e. The van der Waals surface area contributed by atoms with E-state index in [9.17, 15) is 9.90 Å². The number of carbonyl (C=O) groups excluding carboxylic acids is 1. The number of phenols is 1. The number of pyridine rings is 1. The summed E-state index contributed by atoms with van der Waals surface area (Å²) in [5, 5.41) is 12.1. The first-order chi connectivity index (χ1) is 11.1. The second-order valence-corrected chi connectivity index (χ2v) is 5.13. The van der Waals surface area contributed by atoms with Crippen molar-refractivity contribution >= 4 is 23.0 Å². The van der Waals surface area contributed by atoms with Gasteiger partial charge in [0.1, 0.15) is 11.3 Å². The van der Waals surface area contributed by atoms with Gasteiger partial charge < -0.3 is 16.2 Å². The maximum absolute atomic E-state index is 12.2. The molecule has 0 bridgehead atoms. The van der Waals surface area contributed by atoms with Crippen LogP contribution in [0.2, 0.25) is 0 Å². The Hall–Kier alpha value is -3.09. The standard InChI is InChI=1S/C16H17N5O2/c1-2-21-14-13(20-16(21)17)7-11(9-18-14)15(23)19-8-10-3-5-12(22)6-4-10/h3-7,9,22H,2,8H2,1H3,(H2,17,20)(H,19,23). The molecule has 0 unspecified atom stereocenters. The number of nitrogens with two attached hydrogens (primary N) is 1. The van der Waals surface area contributed by atoms with Crippen LogP contribution in [0.1, 0.15) is 22.8 Å². The van der Waals surface area contributed by atoms with Crippen molar-refractivity contribution in [3.05, 3.63) is 47.7 Å². The van der Waals surface area contributed by atoms with Gasteiger partial charge in [-0.25, -0.2) is 9.97 Å². The average Bonchev–Trinajstić information content (AvgIpc) is 2.88. The van der Waals surface area contributed by atoms with Gasteiger partial charge in [0.05, 0.1) is 5.56 Å². The maximum Gasteiger partial charge on any atom is 0.253 e. The summed E-state index contributed by atoms with van der Waals surface area (Å²) in [5.41, 5.74) is 8.41. The van der Waals surface area contributed by atoms with Crippen LogP contribution in [0.5, 0.6) is 5.75 Å². The number of nitrogens with zero attached hydrogens (tertiary/aromatic N) is 3. The number of aromatic hydroxyl groups is 1. The van der Waals surface area contributed by atoms with Crippen LogP contribution in [0.25, 0.3) is 11.2 Å². The molecule has 3 rings (SSSR count). The zero-order valence-corrected chi connectivity index (χ0v) is 12.7. The minimum absolute atomic E-state index is 0.193. The number of imidazole rings is 1. The first-order valence-electron chi connectivity index (χ1n) is 7.26. The van der Waals surface area contributed by atoms with Gasteiger partial charge in [-0.15, -0.1) is 0 Å². The highest BCUT2D eigenvalue weighted by molar-refractivity contribution is 5.96. The van der Waals surface area contributed by atoms with Gasteiger partial charge in [0.15, 0.2) is 5.65 Å². The lowest BCUT2D eigenvalue weighted by Gasteiger charge is -2.06. The Morgan fingerprint density at radius 3 is 2.78 bits per heavy atom. The van der Waals surface area contributed by atoms with Crippen LogP contribution >= 0.6 is 0 Å². The van der Waals surface area contributed by atoms with Crippen LogP contribution in [0.3, 0.4) is 0 Å². The fourth-order valence-corrected chi connectivity index (χ4v) is 2.36. The van der Waals surface area contributed by atoms with E-state index in [0.717, 1.165) is 5.56 Å². The molecule has 0 fully saturated rings. The maximum atomic E-state index is 12.2. The molecule has 0 atom stereocenters. The fraction of sp³-hybridized carbons (Fsp3) is 0.188. The minimum atomic E-state index is -0.239. The molecule has 1 amide bonds. The number of nitrogens with one attached hydrogen (secondary N) is 1. The zero-order chi connectivity index (χ0) is 16.4.